The van der Waals surface area contributed by atoms with E-state index >= 15 is 8.78 Å². The fourth-order valence-corrected chi connectivity index (χ4v) is 8.63. The second-order valence-corrected chi connectivity index (χ2v) is 14.1. The predicted molar refractivity (Wildman–Crippen MR) is 180 cm³/mol. The van der Waals surface area contributed by atoms with Crippen LogP contribution in [0.3, 0.4) is 0 Å². The fraction of sp³-hybridized carbons (Fsp3) is 0.514. The molecule has 0 amide bonds. The van der Waals surface area contributed by atoms with Crippen LogP contribution in [0.1, 0.15) is 57.4 Å². The van der Waals surface area contributed by atoms with Gasteiger partial charge in [-0.05, 0) is 79.6 Å². The van der Waals surface area contributed by atoms with Crippen molar-refractivity contribution in [3.05, 3.63) is 47.7 Å². The van der Waals surface area contributed by atoms with E-state index in [4.69, 9.17) is 23.9 Å². The van der Waals surface area contributed by atoms with E-state index in [1.165, 1.54) is 19.4 Å². The highest BCUT2D eigenvalue weighted by atomic mass is 19.1. The molecule has 4 aliphatic heterocycles. The molecule has 10 nitrogen and oxygen atoms in total. The molecule has 0 radical (unpaired) electrons. The zero-order chi connectivity index (χ0) is 34.6. The van der Waals surface area contributed by atoms with Crippen LogP contribution in [-0.2, 0) is 20.7 Å². The molecular formula is C37H40F3N5O5. The van der Waals surface area contributed by atoms with Crippen molar-refractivity contribution in [2.24, 2.45) is 0 Å². The summed E-state index contributed by atoms with van der Waals surface area (Å²) in [7, 11) is 1.50. The van der Waals surface area contributed by atoms with Gasteiger partial charge in [-0.1, -0.05) is 13.0 Å². The van der Waals surface area contributed by atoms with Gasteiger partial charge in [0, 0.05) is 44.8 Å². The van der Waals surface area contributed by atoms with Crippen molar-refractivity contribution in [1.29, 1.82) is 0 Å². The molecule has 3 atom stereocenters. The highest BCUT2D eigenvalue weighted by Gasteiger charge is 2.49. The maximum atomic E-state index is 17.2. The number of aryl methyl sites for hydroxylation is 1. The van der Waals surface area contributed by atoms with Gasteiger partial charge >= 0.3 is 12.0 Å². The number of rotatable bonds is 9. The van der Waals surface area contributed by atoms with Gasteiger partial charge in [0.15, 0.2) is 12.6 Å². The number of esters is 1. The van der Waals surface area contributed by atoms with Gasteiger partial charge in [-0.15, -0.1) is 0 Å². The van der Waals surface area contributed by atoms with Gasteiger partial charge in [0.2, 0.25) is 0 Å². The van der Waals surface area contributed by atoms with E-state index in [-0.39, 0.29) is 36.6 Å². The summed E-state index contributed by atoms with van der Waals surface area (Å²) >= 11 is 0. The highest BCUT2D eigenvalue weighted by molar-refractivity contribution is 6.02. The predicted octanol–water partition coefficient (Wildman–Crippen LogP) is 6.30. The van der Waals surface area contributed by atoms with Gasteiger partial charge in [-0.25, -0.2) is 13.2 Å². The molecule has 4 aliphatic rings. The minimum Gasteiger partial charge on any atom is -0.468 e. The largest absolute Gasteiger partial charge is 0.468 e. The number of halogens is 3. The summed E-state index contributed by atoms with van der Waals surface area (Å²) in [5.41, 5.74) is -0.378. The number of benzene rings is 2. The molecule has 6 heterocycles. The van der Waals surface area contributed by atoms with Gasteiger partial charge < -0.3 is 23.8 Å². The van der Waals surface area contributed by atoms with E-state index in [0.717, 1.165) is 32.2 Å². The summed E-state index contributed by atoms with van der Waals surface area (Å²) in [5, 5.41) is 1.55. The third-order valence-electron chi connectivity index (χ3n) is 10.9. The smallest absolute Gasteiger partial charge is 0.319 e. The molecule has 0 bridgehead atoms. The number of methoxy groups -OCH3 is 1. The second-order valence-electron chi connectivity index (χ2n) is 14.1. The molecule has 1 spiro atoms. The lowest BCUT2D eigenvalue weighted by atomic mass is 9.90. The number of piperidine rings is 1. The van der Waals surface area contributed by atoms with Gasteiger partial charge in [0.1, 0.15) is 47.0 Å². The maximum absolute atomic E-state index is 17.2. The van der Waals surface area contributed by atoms with Crippen LogP contribution in [0, 0.1) is 11.6 Å². The van der Waals surface area contributed by atoms with Crippen molar-refractivity contribution < 1.29 is 36.9 Å². The molecule has 4 aromatic rings. The summed E-state index contributed by atoms with van der Waals surface area (Å²) in [6.07, 6.45) is 5.48. The summed E-state index contributed by atoms with van der Waals surface area (Å²) in [6.45, 7) is 4.13. The molecule has 8 rings (SSSR count). The molecule has 1 unspecified atom stereocenters. The average molecular weight is 692 g/mol. The SMILES string of the molecule is CCc1c(F)ccc2cc(OCOC)cc(-c3ncc4c(N5CCCC6(CCC(=O)O6)C5)nc(OC[C@@]56CCCN5C[C@H](F)C6)nc4c3F)c12. The van der Waals surface area contributed by atoms with E-state index in [0.29, 0.717) is 84.2 Å². The van der Waals surface area contributed by atoms with Crippen LogP contribution in [0.5, 0.6) is 11.8 Å². The van der Waals surface area contributed by atoms with Crippen LogP contribution in [0.4, 0.5) is 19.0 Å². The van der Waals surface area contributed by atoms with Crippen molar-refractivity contribution in [1.82, 2.24) is 19.9 Å². The molecule has 0 N–H and O–H groups in total. The molecule has 2 aromatic carbocycles. The molecule has 0 saturated carbocycles. The molecule has 264 valence electrons. The quantitative estimate of drug-likeness (QED) is 0.147. The third-order valence-corrected chi connectivity index (χ3v) is 10.9. The number of anilines is 1. The standard InChI is InChI=1S/C37H40F3N5O5/c1-3-25-28(39)7-6-22-14-24(49-21-47-2)15-26(30(22)25)32-31(40)33-27(17-41-32)34(44-12-5-10-37(19-44)11-8-29(46)50-37)43-35(42-33)48-20-36-9-4-13-45(36)18-23(38)16-36/h6-7,14-15,17,23H,3-5,8-13,16,18-21H2,1-2H3/t23-,36+,37?/m1/s1. The molecule has 0 aliphatic carbocycles. The van der Waals surface area contributed by atoms with Crippen molar-refractivity contribution in [3.63, 3.8) is 0 Å². The number of nitrogens with zero attached hydrogens (tertiary/aromatic N) is 5. The number of ether oxygens (including phenoxy) is 4. The number of carbonyl (C=O) groups excluding carboxylic acids is 1. The fourth-order valence-electron chi connectivity index (χ4n) is 8.63. The Morgan fingerprint density at radius 2 is 1.94 bits per heavy atom. The minimum atomic E-state index is -0.937. The Bertz CT molecular complexity index is 1980. The van der Waals surface area contributed by atoms with Crippen molar-refractivity contribution in [2.75, 3.05) is 51.6 Å². The Labute approximate surface area is 287 Å². The Morgan fingerprint density at radius 1 is 1.08 bits per heavy atom. The summed E-state index contributed by atoms with van der Waals surface area (Å²) < 4.78 is 69.9. The molecule has 4 fully saturated rings. The Morgan fingerprint density at radius 3 is 2.74 bits per heavy atom. The number of fused-ring (bicyclic) bond motifs is 3. The van der Waals surface area contributed by atoms with Crippen molar-refractivity contribution in [2.45, 2.75) is 75.6 Å². The Kier molecular flexibility index (Phi) is 8.45. The van der Waals surface area contributed by atoms with Crippen LogP contribution < -0.4 is 14.4 Å². The number of alkyl halides is 1. The van der Waals surface area contributed by atoms with Crippen LogP contribution in [0.15, 0.2) is 30.5 Å². The highest BCUT2D eigenvalue weighted by Crippen LogP contribution is 2.43. The molecular weight excluding hydrogens is 651 g/mol. The molecule has 50 heavy (non-hydrogen) atoms. The zero-order valence-corrected chi connectivity index (χ0v) is 28.3. The van der Waals surface area contributed by atoms with E-state index in [9.17, 15) is 9.18 Å². The number of hydrogen-bond donors (Lipinski definition) is 0. The lowest BCUT2D eigenvalue weighted by Gasteiger charge is -2.40. The van der Waals surface area contributed by atoms with E-state index < -0.39 is 28.9 Å². The number of pyridine rings is 1. The first-order chi connectivity index (χ1) is 24.2. The van der Waals surface area contributed by atoms with Crippen LogP contribution in [0.25, 0.3) is 32.9 Å². The molecule has 13 heteroatoms. The van der Waals surface area contributed by atoms with Crippen molar-refractivity contribution >= 4 is 33.5 Å². The van der Waals surface area contributed by atoms with Crippen LogP contribution in [0.2, 0.25) is 0 Å². The summed E-state index contributed by atoms with van der Waals surface area (Å²) in [5.74, 6) is -0.525. The van der Waals surface area contributed by atoms with Crippen LogP contribution >= 0.6 is 0 Å². The minimum absolute atomic E-state index is 0.0144. The first-order valence-corrected chi connectivity index (χ1v) is 17.4. The van der Waals surface area contributed by atoms with Gasteiger partial charge in [-0.2, -0.15) is 9.97 Å². The van der Waals surface area contributed by atoms with Crippen LogP contribution in [-0.4, -0.2) is 89.8 Å². The van der Waals surface area contributed by atoms with Crippen molar-refractivity contribution in [3.8, 4) is 23.0 Å². The monoisotopic (exact) mass is 691 g/mol. The lowest BCUT2D eigenvalue weighted by Crippen LogP contribution is -2.48. The third kappa shape index (κ3) is 5.68. The molecule has 4 saturated heterocycles. The maximum Gasteiger partial charge on any atom is 0.319 e. The van der Waals surface area contributed by atoms with Gasteiger partial charge in [-0.3, -0.25) is 14.7 Å². The summed E-state index contributed by atoms with van der Waals surface area (Å²) in [4.78, 5) is 30.4. The van der Waals surface area contributed by atoms with E-state index in [2.05, 4.69) is 14.9 Å². The van der Waals surface area contributed by atoms with E-state index in [1.54, 1.807) is 18.2 Å². The van der Waals surface area contributed by atoms with Gasteiger partial charge in [0.05, 0.1) is 17.5 Å². The molecule has 2 aromatic heterocycles. The first kappa shape index (κ1) is 32.9. The average Bonchev–Trinajstić information content (AvgIpc) is 3.77. The lowest BCUT2D eigenvalue weighted by molar-refractivity contribution is -0.148. The number of aromatic nitrogens is 3. The Balaban J connectivity index is 1.27. The first-order valence-electron chi connectivity index (χ1n) is 17.4. The number of hydrogen-bond acceptors (Lipinski definition) is 10. The topological polar surface area (TPSA) is 99.1 Å². The number of carbonyl (C=O) groups is 1. The zero-order valence-electron chi connectivity index (χ0n) is 28.3. The van der Waals surface area contributed by atoms with E-state index in [1.807, 2.05) is 11.8 Å². The Hall–Kier alpha value is -4.23. The normalized spacial score (nSPS) is 25.2. The second kappa shape index (κ2) is 12.8. The van der Waals surface area contributed by atoms with Gasteiger partial charge in [0.25, 0.3) is 0 Å². The summed E-state index contributed by atoms with van der Waals surface area (Å²) in [6, 6.07) is 6.40.